The van der Waals surface area contributed by atoms with Crippen LogP contribution >= 0.6 is 11.6 Å². The van der Waals surface area contributed by atoms with E-state index in [9.17, 15) is 18.4 Å². The molecule has 0 atom stereocenters. The third-order valence-electron chi connectivity index (χ3n) is 7.14. The Kier molecular flexibility index (Phi) is 6.69. The van der Waals surface area contributed by atoms with Crippen LogP contribution in [0, 0.1) is 17.6 Å². The van der Waals surface area contributed by atoms with Gasteiger partial charge in [-0.25, -0.2) is 13.8 Å². The lowest BCUT2D eigenvalue weighted by atomic mass is 9.68. The first-order valence-electron chi connectivity index (χ1n) is 12.4. The van der Waals surface area contributed by atoms with E-state index in [2.05, 4.69) is 22.5 Å². The molecule has 1 aliphatic carbocycles. The van der Waals surface area contributed by atoms with E-state index < -0.39 is 17.5 Å². The number of amides is 2. The summed E-state index contributed by atoms with van der Waals surface area (Å²) in [6.45, 7) is 4.11. The lowest BCUT2D eigenvalue weighted by molar-refractivity contribution is 0.0737. The van der Waals surface area contributed by atoms with Crippen LogP contribution in [0.1, 0.15) is 53.8 Å². The number of fused-ring (bicyclic) bond motifs is 1. The maximum Gasteiger partial charge on any atom is 0.255 e. The lowest BCUT2D eigenvalue weighted by Crippen LogP contribution is -2.54. The predicted molar refractivity (Wildman–Crippen MR) is 142 cm³/mol. The van der Waals surface area contributed by atoms with Crippen LogP contribution in [0.4, 0.5) is 8.78 Å². The van der Waals surface area contributed by atoms with Crippen LogP contribution in [0.25, 0.3) is 33.6 Å². The Morgan fingerprint density at radius 2 is 1.76 bits per heavy atom. The second-order valence-electron chi connectivity index (χ2n) is 10.00. The molecule has 0 spiro atoms. The fourth-order valence-electron chi connectivity index (χ4n) is 5.19. The van der Waals surface area contributed by atoms with Gasteiger partial charge in [0.05, 0.1) is 10.9 Å². The van der Waals surface area contributed by atoms with Crippen molar-refractivity contribution in [2.24, 2.45) is 5.92 Å². The van der Waals surface area contributed by atoms with E-state index in [1.54, 1.807) is 12.1 Å². The van der Waals surface area contributed by atoms with Gasteiger partial charge in [-0.3, -0.25) is 9.59 Å². The van der Waals surface area contributed by atoms with E-state index in [0.29, 0.717) is 28.0 Å². The summed E-state index contributed by atoms with van der Waals surface area (Å²) in [4.78, 5) is 30.2. The summed E-state index contributed by atoms with van der Waals surface area (Å²) < 4.78 is 34.1. The Balaban J connectivity index is 1.58. The molecule has 196 valence electrons. The summed E-state index contributed by atoms with van der Waals surface area (Å²) in [5, 5.41) is 5.96. The van der Waals surface area contributed by atoms with Crippen molar-refractivity contribution < 1.29 is 22.8 Å². The SMILES string of the molecule is CCC1CC(C)(NC(=O)c2cc(F)cc(-c3cc4c(C(=O)NC)c(-c5ccc(F)cc5)oc4nc3Cl)c2)C1. The molecule has 0 bridgehead atoms. The van der Waals surface area contributed by atoms with Gasteiger partial charge in [-0.2, -0.15) is 0 Å². The van der Waals surface area contributed by atoms with Gasteiger partial charge in [0, 0.05) is 29.3 Å². The zero-order chi connectivity index (χ0) is 27.2. The number of furan rings is 1. The first-order chi connectivity index (χ1) is 18.1. The molecule has 0 unspecified atom stereocenters. The van der Waals surface area contributed by atoms with Crippen molar-refractivity contribution in [3.63, 3.8) is 0 Å². The van der Waals surface area contributed by atoms with Crippen molar-refractivity contribution in [2.45, 2.75) is 38.6 Å². The van der Waals surface area contributed by atoms with Crippen LogP contribution < -0.4 is 10.6 Å². The standard InChI is InChI=1S/C29H26ClF2N3O3/c1-4-15-13-29(2,14-15)35-26(36)18-9-17(10-20(32)11-18)21-12-22-23(27(37)33-3)24(38-28(22)34-25(21)30)16-5-7-19(31)8-6-16/h5-12,15H,4,13-14H2,1-3H3,(H,33,37)(H,35,36). The minimum absolute atomic E-state index is 0.00839. The van der Waals surface area contributed by atoms with E-state index >= 15 is 0 Å². The van der Waals surface area contributed by atoms with Crippen LogP contribution in [-0.4, -0.2) is 29.4 Å². The average Bonchev–Trinajstić information content (AvgIpc) is 3.24. The van der Waals surface area contributed by atoms with Gasteiger partial charge < -0.3 is 15.1 Å². The first kappa shape index (κ1) is 25.9. The van der Waals surface area contributed by atoms with Gasteiger partial charge in [0.15, 0.2) is 0 Å². The van der Waals surface area contributed by atoms with Crippen molar-refractivity contribution in [1.82, 2.24) is 15.6 Å². The number of rotatable bonds is 6. The summed E-state index contributed by atoms with van der Waals surface area (Å²) in [5.74, 6) is -1.10. The highest BCUT2D eigenvalue weighted by Gasteiger charge is 2.40. The molecule has 6 nitrogen and oxygen atoms in total. The van der Waals surface area contributed by atoms with Crippen molar-refractivity contribution in [1.29, 1.82) is 0 Å². The molecule has 1 aliphatic rings. The summed E-state index contributed by atoms with van der Waals surface area (Å²) in [5.41, 5.74) is 1.23. The van der Waals surface area contributed by atoms with E-state index in [-0.39, 0.29) is 39.2 Å². The smallest absolute Gasteiger partial charge is 0.255 e. The molecule has 5 rings (SSSR count). The van der Waals surface area contributed by atoms with Crippen LogP contribution in [0.2, 0.25) is 5.15 Å². The Labute approximate surface area is 223 Å². The third-order valence-corrected chi connectivity index (χ3v) is 7.43. The molecule has 4 aromatic rings. The Hall–Kier alpha value is -3.78. The first-order valence-corrected chi connectivity index (χ1v) is 12.7. The molecular formula is C29H26ClF2N3O3. The fourth-order valence-corrected chi connectivity index (χ4v) is 5.43. The quantitative estimate of drug-likeness (QED) is 0.266. The number of hydrogen-bond donors (Lipinski definition) is 2. The largest absolute Gasteiger partial charge is 0.437 e. The zero-order valence-electron chi connectivity index (χ0n) is 21.1. The minimum Gasteiger partial charge on any atom is -0.437 e. The molecule has 1 fully saturated rings. The molecule has 0 radical (unpaired) electrons. The van der Waals surface area contributed by atoms with Crippen LogP contribution in [0.3, 0.4) is 0 Å². The fraction of sp³-hybridized carbons (Fsp3) is 0.276. The molecule has 9 heteroatoms. The van der Waals surface area contributed by atoms with Gasteiger partial charge in [-0.1, -0.05) is 24.9 Å². The lowest BCUT2D eigenvalue weighted by Gasteiger charge is -2.45. The Morgan fingerprint density at radius 1 is 1.05 bits per heavy atom. The van der Waals surface area contributed by atoms with Crippen molar-refractivity contribution in [3.05, 3.63) is 76.4 Å². The predicted octanol–water partition coefficient (Wildman–Crippen LogP) is 6.76. The highest BCUT2D eigenvalue weighted by Crippen LogP contribution is 2.40. The van der Waals surface area contributed by atoms with Crippen LogP contribution in [0.5, 0.6) is 0 Å². The number of aromatic nitrogens is 1. The molecule has 2 amide bonds. The Morgan fingerprint density at radius 3 is 2.42 bits per heavy atom. The maximum absolute atomic E-state index is 14.7. The number of hydrogen-bond acceptors (Lipinski definition) is 4. The molecule has 2 N–H and O–H groups in total. The number of carbonyl (C=O) groups excluding carboxylic acids is 2. The van der Waals surface area contributed by atoms with Gasteiger partial charge in [0.1, 0.15) is 22.5 Å². The molecule has 2 aromatic heterocycles. The number of halogens is 3. The summed E-state index contributed by atoms with van der Waals surface area (Å²) in [7, 11) is 1.47. The van der Waals surface area contributed by atoms with Crippen molar-refractivity contribution >= 4 is 34.5 Å². The maximum atomic E-state index is 14.7. The highest BCUT2D eigenvalue weighted by molar-refractivity contribution is 6.32. The van der Waals surface area contributed by atoms with Crippen LogP contribution in [0.15, 0.2) is 52.9 Å². The number of nitrogens with zero attached hydrogens (tertiary/aromatic N) is 1. The van der Waals surface area contributed by atoms with E-state index in [1.165, 1.54) is 43.4 Å². The topological polar surface area (TPSA) is 84.2 Å². The normalized spacial score (nSPS) is 18.7. The van der Waals surface area contributed by atoms with Crippen LogP contribution in [-0.2, 0) is 0 Å². The molecule has 2 aromatic carbocycles. The number of pyridine rings is 1. The second kappa shape index (κ2) is 9.83. The van der Waals surface area contributed by atoms with Crippen molar-refractivity contribution in [2.75, 3.05) is 7.05 Å². The number of nitrogens with one attached hydrogen (secondary N) is 2. The minimum atomic E-state index is -0.611. The third kappa shape index (κ3) is 4.76. The summed E-state index contributed by atoms with van der Waals surface area (Å²) >= 11 is 6.49. The van der Waals surface area contributed by atoms with Crippen molar-refractivity contribution in [3.8, 4) is 22.5 Å². The monoisotopic (exact) mass is 537 g/mol. The average molecular weight is 538 g/mol. The summed E-state index contributed by atoms with van der Waals surface area (Å²) in [6, 6.07) is 11.1. The second-order valence-corrected chi connectivity index (χ2v) is 10.4. The number of carbonyl (C=O) groups is 2. The zero-order valence-corrected chi connectivity index (χ0v) is 21.9. The molecule has 2 heterocycles. The highest BCUT2D eigenvalue weighted by atomic mass is 35.5. The van der Waals surface area contributed by atoms with Gasteiger partial charge in [-0.05, 0) is 79.8 Å². The van der Waals surface area contributed by atoms with Gasteiger partial charge in [-0.15, -0.1) is 0 Å². The molecule has 38 heavy (non-hydrogen) atoms. The molecule has 1 saturated carbocycles. The summed E-state index contributed by atoms with van der Waals surface area (Å²) in [6.07, 6.45) is 2.81. The van der Waals surface area contributed by atoms with Gasteiger partial charge in [0.25, 0.3) is 11.8 Å². The molecule has 0 saturated heterocycles. The van der Waals surface area contributed by atoms with Gasteiger partial charge >= 0.3 is 0 Å². The number of benzene rings is 2. The Bertz CT molecular complexity index is 1560. The van der Waals surface area contributed by atoms with E-state index in [1.807, 2.05) is 6.92 Å². The van der Waals surface area contributed by atoms with E-state index in [4.69, 9.17) is 16.0 Å². The molecule has 0 aliphatic heterocycles. The van der Waals surface area contributed by atoms with E-state index in [0.717, 1.165) is 19.3 Å². The molecular weight excluding hydrogens is 512 g/mol. The van der Waals surface area contributed by atoms with Gasteiger partial charge in [0.2, 0.25) is 5.71 Å².